The molecule has 0 aliphatic rings. The molecular formula is C19H19ClN2O. The Morgan fingerprint density at radius 2 is 1.78 bits per heavy atom. The lowest BCUT2D eigenvalue weighted by Crippen LogP contribution is -2.16. The largest absolute Gasteiger partial charge is 0.381 e. The van der Waals surface area contributed by atoms with Crippen LogP contribution in [0.15, 0.2) is 41.2 Å². The first-order valence-corrected chi connectivity index (χ1v) is 7.95. The Bertz CT molecular complexity index is 944. The van der Waals surface area contributed by atoms with Crippen LogP contribution in [0.1, 0.15) is 22.3 Å². The number of rotatable bonds is 3. The fraction of sp³-hybridized carbons (Fsp3) is 0.211. The number of pyridine rings is 1. The number of nitrogens with one attached hydrogen (secondary N) is 2. The smallest absolute Gasteiger partial charge is 0.253 e. The lowest BCUT2D eigenvalue weighted by Gasteiger charge is -2.10. The van der Waals surface area contributed by atoms with Crippen molar-refractivity contribution in [2.75, 3.05) is 5.32 Å². The van der Waals surface area contributed by atoms with Gasteiger partial charge in [-0.05, 0) is 61.0 Å². The van der Waals surface area contributed by atoms with Crippen LogP contribution in [0, 0.1) is 20.8 Å². The predicted molar refractivity (Wildman–Crippen MR) is 97.6 cm³/mol. The second-order valence-corrected chi connectivity index (χ2v) is 6.32. The van der Waals surface area contributed by atoms with E-state index in [2.05, 4.69) is 16.4 Å². The van der Waals surface area contributed by atoms with E-state index in [0.717, 1.165) is 27.7 Å². The van der Waals surface area contributed by atoms with Crippen molar-refractivity contribution >= 4 is 28.2 Å². The number of fused-ring (bicyclic) bond motifs is 1. The quantitative estimate of drug-likeness (QED) is 0.731. The molecule has 3 aromatic rings. The number of aromatic nitrogens is 1. The zero-order valence-corrected chi connectivity index (χ0v) is 14.2. The van der Waals surface area contributed by atoms with Gasteiger partial charge < -0.3 is 10.3 Å². The summed E-state index contributed by atoms with van der Waals surface area (Å²) in [5.41, 5.74) is 5.79. The Morgan fingerprint density at radius 3 is 2.52 bits per heavy atom. The molecule has 2 aromatic carbocycles. The number of benzene rings is 2. The molecule has 0 amide bonds. The van der Waals surface area contributed by atoms with Gasteiger partial charge in [0.05, 0.1) is 5.52 Å². The summed E-state index contributed by atoms with van der Waals surface area (Å²) in [6.07, 6.45) is 0. The summed E-state index contributed by atoms with van der Waals surface area (Å²) in [6, 6.07) is 11.9. The zero-order chi connectivity index (χ0) is 16.6. The highest BCUT2D eigenvalue weighted by Gasteiger charge is 2.06. The fourth-order valence-electron chi connectivity index (χ4n) is 2.60. The van der Waals surface area contributed by atoms with E-state index in [9.17, 15) is 4.79 Å². The van der Waals surface area contributed by atoms with Gasteiger partial charge in [-0.15, -0.1) is 0 Å². The van der Waals surface area contributed by atoms with Crippen LogP contribution in [0.5, 0.6) is 0 Å². The molecule has 0 aliphatic heterocycles. The third-order valence-corrected chi connectivity index (χ3v) is 4.69. The van der Waals surface area contributed by atoms with Gasteiger partial charge in [0, 0.05) is 22.8 Å². The molecule has 0 spiro atoms. The standard InChI is InChI=1S/C19H19ClN2O/c1-11-4-6-14-8-15(19(23)22-18(14)13(11)3)10-21-16-7-5-12(2)17(20)9-16/h4-9,21H,10H2,1-3H3,(H,22,23). The molecule has 3 rings (SSSR count). The van der Waals surface area contributed by atoms with Gasteiger partial charge in [-0.25, -0.2) is 0 Å². The van der Waals surface area contributed by atoms with Crippen LogP contribution in [0.4, 0.5) is 5.69 Å². The molecule has 1 heterocycles. The highest BCUT2D eigenvalue weighted by Crippen LogP contribution is 2.21. The van der Waals surface area contributed by atoms with Crippen molar-refractivity contribution in [1.82, 2.24) is 4.98 Å². The van der Waals surface area contributed by atoms with Gasteiger partial charge in [-0.1, -0.05) is 29.8 Å². The van der Waals surface area contributed by atoms with Crippen LogP contribution < -0.4 is 10.9 Å². The van der Waals surface area contributed by atoms with Gasteiger partial charge in [0.15, 0.2) is 0 Å². The van der Waals surface area contributed by atoms with E-state index >= 15 is 0 Å². The van der Waals surface area contributed by atoms with Crippen molar-refractivity contribution in [2.24, 2.45) is 0 Å². The minimum absolute atomic E-state index is 0.0584. The van der Waals surface area contributed by atoms with E-state index in [1.54, 1.807) is 0 Å². The first kappa shape index (κ1) is 15.6. The molecule has 118 valence electrons. The number of halogens is 1. The minimum atomic E-state index is -0.0584. The Hall–Kier alpha value is -2.26. The Balaban J connectivity index is 1.91. The number of aryl methyl sites for hydroxylation is 3. The molecule has 0 bridgehead atoms. The molecule has 2 N–H and O–H groups in total. The fourth-order valence-corrected chi connectivity index (χ4v) is 2.78. The third kappa shape index (κ3) is 3.10. The molecule has 0 radical (unpaired) electrons. The van der Waals surface area contributed by atoms with Crippen molar-refractivity contribution in [3.05, 3.63) is 74.0 Å². The molecule has 0 fully saturated rings. The summed E-state index contributed by atoms with van der Waals surface area (Å²) in [6.45, 7) is 6.49. The minimum Gasteiger partial charge on any atom is -0.381 e. The topological polar surface area (TPSA) is 44.9 Å². The summed E-state index contributed by atoms with van der Waals surface area (Å²) < 4.78 is 0. The third-order valence-electron chi connectivity index (χ3n) is 4.28. The SMILES string of the molecule is Cc1ccc(NCc2cc3ccc(C)c(C)c3[nH]c2=O)cc1Cl. The summed E-state index contributed by atoms with van der Waals surface area (Å²) in [4.78, 5) is 15.3. The van der Waals surface area contributed by atoms with Crippen molar-refractivity contribution in [3.8, 4) is 0 Å². The zero-order valence-electron chi connectivity index (χ0n) is 13.5. The van der Waals surface area contributed by atoms with Crippen molar-refractivity contribution < 1.29 is 0 Å². The maximum Gasteiger partial charge on any atom is 0.253 e. The first-order valence-electron chi connectivity index (χ1n) is 7.58. The Morgan fingerprint density at radius 1 is 1.04 bits per heavy atom. The molecule has 0 atom stereocenters. The van der Waals surface area contributed by atoms with E-state index in [-0.39, 0.29) is 5.56 Å². The Kier molecular flexibility index (Phi) is 4.14. The van der Waals surface area contributed by atoms with Crippen LogP contribution in [-0.4, -0.2) is 4.98 Å². The summed E-state index contributed by atoms with van der Waals surface area (Å²) in [5, 5.41) is 5.02. The second-order valence-electron chi connectivity index (χ2n) is 5.91. The molecule has 0 saturated heterocycles. The molecule has 1 aromatic heterocycles. The monoisotopic (exact) mass is 326 g/mol. The average molecular weight is 327 g/mol. The first-order chi connectivity index (χ1) is 11.0. The van der Waals surface area contributed by atoms with Gasteiger partial charge in [-0.2, -0.15) is 0 Å². The maximum atomic E-state index is 12.3. The molecule has 23 heavy (non-hydrogen) atoms. The van der Waals surface area contributed by atoms with Crippen LogP contribution in [0.2, 0.25) is 5.02 Å². The van der Waals surface area contributed by atoms with E-state index in [4.69, 9.17) is 11.6 Å². The lowest BCUT2D eigenvalue weighted by atomic mass is 10.0. The van der Waals surface area contributed by atoms with E-state index in [1.807, 2.05) is 51.1 Å². The predicted octanol–water partition coefficient (Wildman–Crippen LogP) is 4.72. The van der Waals surface area contributed by atoms with Crippen LogP contribution >= 0.6 is 11.6 Å². The highest BCUT2D eigenvalue weighted by atomic mass is 35.5. The Labute approximate surface area is 140 Å². The molecule has 0 unspecified atom stereocenters. The van der Waals surface area contributed by atoms with Gasteiger partial charge >= 0.3 is 0 Å². The van der Waals surface area contributed by atoms with Crippen molar-refractivity contribution in [2.45, 2.75) is 27.3 Å². The van der Waals surface area contributed by atoms with Crippen LogP contribution in [0.25, 0.3) is 10.9 Å². The second kappa shape index (κ2) is 6.09. The lowest BCUT2D eigenvalue weighted by molar-refractivity contribution is 1.09. The van der Waals surface area contributed by atoms with Crippen LogP contribution in [0.3, 0.4) is 0 Å². The highest BCUT2D eigenvalue weighted by molar-refractivity contribution is 6.31. The summed E-state index contributed by atoms with van der Waals surface area (Å²) in [7, 11) is 0. The maximum absolute atomic E-state index is 12.3. The molecule has 4 heteroatoms. The number of hydrogen-bond donors (Lipinski definition) is 2. The van der Waals surface area contributed by atoms with Crippen molar-refractivity contribution in [1.29, 1.82) is 0 Å². The summed E-state index contributed by atoms with van der Waals surface area (Å²) >= 11 is 6.13. The molecule has 3 nitrogen and oxygen atoms in total. The van der Waals surface area contributed by atoms with Gasteiger partial charge in [0.2, 0.25) is 0 Å². The van der Waals surface area contributed by atoms with Crippen LogP contribution in [-0.2, 0) is 6.54 Å². The number of aromatic amines is 1. The number of anilines is 1. The number of H-pyrrole nitrogens is 1. The average Bonchev–Trinajstić information content (AvgIpc) is 2.53. The van der Waals surface area contributed by atoms with Crippen molar-refractivity contribution in [3.63, 3.8) is 0 Å². The van der Waals surface area contributed by atoms with E-state index < -0.39 is 0 Å². The van der Waals surface area contributed by atoms with Gasteiger partial charge in [-0.3, -0.25) is 4.79 Å². The number of hydrogen-bond acceptors (Lipinski definition) is 2. The van der Waals surface area contributed by atoms with Gasteiger partial charge in [0.25, 0.3) is 5.56 Å². The summed E-state index contributed by atoms with van der Waals surface area (Å²) in [5.74, 6) is 0. The molecule has 0 aliphatic carbocycles. The molecule has 0 saturated carbocycles. The van der Waals surface area contributed by atoms with Gasteiger partial charge in [0.1, 0.15) is 0 Å². The molecular weight excluding hydrogens is 308 g/mol. The van der Waals surface area contributed by atoms with E-state index in [1.165, 1.54) is 5.56 Å². The van der Waals surface area contributed by atoms with E-state index in [0.29, 0.717) is 17.1 Å². The normalized spacial score (nSPS) is 11.0.